The summed E-state index contributed by atoms with van der Waals surface area (Å²) in [6.45, 7) is 5.31. The maximum Gasteiger partial charge on any atom is 0.265 e. The molecule has 0 aliphatic carbocycles. The van der Waals surface area contributed by atoms with E-state index in [4.69, 9.17) is 5.73 Å². The first-order valence-electron chi connectivity index (χ1n) is 10.3. The van der Waals surface area contributed by atoms with E-state index in [0.717, 1.165) is 19.0 Å². The highest BCUT2D eigenvalue weighted by atomic mass is 19.3. The molecule has 1 aliphatic rings. The molecule has 0 bridgehead atoms. The van der Waals surface area contributed by atoms with Gasteiger partial charge in [0.05, 0.1) is 5.69 Å². The molecule has 166 valence electrons. The number of aryl methyl sites for hydroxylation is 1. The van der Waals surface area contributed by atoms with Gasteiger partial charge in [-0.25, -0.2) is 23.7 Å². The van der Waals surface area contributed by atoms with Crippen LogP contribution in [0.5, 0.6) is 0 Å². The van der Waals surface area contributed by atoms with Gasteiger partial charge in [0.25, 0.3) is 5.91 Å². The van der Waals surface area contributed by atoms with Crippen LogP contribution >= 0.6 is 0 Å². The molecule has 0 spiro atoms. The van der Waals surface area contributed by atoms with Gasteiger partial charge in [-0.05, 0) is 45.4 Å². The third kappa shape index (κ3) is 5.41. The summed E-state index contributed by atoms with van der Waals surface area (Å²) in [5.41, 5.74) is 9.31. The van der Waals surface area contributed by atoms with Crippen molar-refractivity contribution in [1.29, 1.82) is 0 Å². The van der Waals surface area contributed by atoms with Crippen molar-refractivity contribution in [2.75, 3.05) is 24.5 Å². The Bertz CT molecular complexity index is 973. The molecule has 3 rings (SSSR count). The van der Waals surface area contributed by atoms with E-state index >= 15 is 0 Å². The minimum atomic E-state index is -2.83. The monoisotopic (exact) mass is 430 g/mol. The number of aromatic nitrogens is 2. The van der Waals surface area contributed by atoms with Gasteiger partial charge in [-0.1, -0.05) is 18.2 Å². The van der Waals surface area contributed by atoms with Crippen LogP contribution in [0, 0.1) is 6.92 Å². The van der Waals surface area contributed by atoms with Crippen LogP contribution < -0.4 is 16.0 Å². The molecule has 1 aromatic heterocycles. The Hall–Kier alpha value is -2.94. The molecular weight excluding hydrogens is 402 g/mol. The number of hydrogen-bond acceptors (Lipinski definition) is 6. The summed E-state index contributed by atoms with van der Waals surface area (Å²) in [6.07, 6.45) is 1.89. The third-order valence-corrected chi connectivity index (χ3v) is 5.28. The van der Waals surface area contributed by atoms with Crippen molar-refractivity contribution in [2.24, 2.45) is 10.7 Å². The lowest BCUT2D eigenvalue weighted by atomic mass is 9.98. The average Bonchev–Trinajstić information content (AvgIpc) is 3.07. The molecule has 31 heavy (non-hydrogen) atoms. The summed E-state index contributed by atoms with van der Waals surface area (Å²) >= 11 is 0. The Morgan fingerprint density at radius 2 is 2.10 bits per heavy atom. The number of rotatable bonds is 8. The van der Waals surface area contributed by atoms with Gasteiger partial charge < -0.3 is 16.0 Å². The van der Waals surface area contributed by atoms with Gasteiger partial charge in [-0.15, -0.1) is 0 Å². The van der Waals surface area contributed by atoms with E-state index in [1.807, 2.05) is 18.2 Å². The molecule has 7 nitrogen and oxygen atoms in total. The summed E-state index contributed by atoms with van der Waals surface area (Å²) in [4.78, 5) is 27.6. The topological polar surface area (TPSA) is 96.5 Å². The molecule has 0 saturated heterocycles. The number of nitrogens with one attached hydrogen (secondary N) is 1. The SMILES string of the molecule is C/C(=N\c1c(C)ncnc1N1CC(CCN)c2ccccc21)C(=O)NCCC(C)(F)F. The summed E-state index contributed by atoms with van der Waals surface area (Å²) in [6, 6.07) is 8.09. The number of nitrogens with zero attached hydrogens (tertiary/aromatic N) is 4. The van der Waals surface area contributed by atoms with Gasteiger partial charge in [-0.2, -0.15) is 0 Å². The summed E-state index contributed by atoms with van der Waals surface area (Å²) in [7, 11) is 0. The second-order valence-electron chi connectivity index (χ2n) is 7.85. The number of benzene rings is 1. The van der Waals surface area contributed by atoms with Crippen LogP contribution in [0.3, 0.4) is 0 Å². The number of amides is 1. The largest absolute Gasteiger partial charge is 0.351 e. The number of aliphatic imine (C=N–C) groups is 1. The fourth-order valence-corrected chi connectivity index (χ4v) is 3.67. The van der Waals surface area contributed by atoms with Crippen LogP contribution in [-0.2, 0) is 4.79 Å². The smallest absolute Gasteiger partial charge is 0.265 e. The first-order valence-corrected chi connectivity index (χ1v) is 10.3. The Morgan fingerprint density at radius 3 is 2.81 bits per heavy atom. The lowest BCUT2D eigenvalue weighted by Crippen LogP contribution is -2.32. The van der Waals surface area contributed by atoms with Gasteiger partial charge in [0.1, 0.15) is 17.7 Å². The van der Waals surface area contributed by atoms with Crippen LogP contribution in [0.15, 0.2) is 35.6 Å². The molecule has 1 aromatic carbocycles. The lowest BCUT2D eigenvalue weighted by Gasteiger charge is -2.21. The van der Waals surface area contributed by atoms with Crippen molar-refractivity contribution in [3.8, 4) is 0 Å². The van der Waals surface area contributed by atoms with E-state index in [0.29, 0.717) is 30.3 Å². The van der Waals surface area contributed by atoms with Crippen LogP contribution in [-0.4, -0.2) is 47.1 Å². The lowest BCUT2D eigenvalue weighted by molar-refractivity contribution is -0.115. The van der Waals surface area contributed by atoms with Crippen molar-refractivity contribution >= 4 is 28.8 Å². The number of carbonyl (C=O) groups is 1. The van der Waals surface area contributed by atoms with Gasteiger partial charge in [0.15, 0.2) is 5.82 Å². The van der Waals surface area contributed by atoms with Crippen molar-refractivity contribution in [3.63, 3.8) is 0 Å². The predicted molar refractivity (Wildman–Crippen MR) is 118 cm³/mol. The van der Waals surface area contributed by atoms with Gasteiger partial charge >= 0.3 is 0 Å². The first kappa shape index (κ1) is 22.7. The van der Waals surface area contributed by atoms with Crippen LogP contribution in [0.4, 0.5) is 26.0 Å². The quantitative estimate of drug-likeness (QED) is 0.624. The number of anilines is 2. The Balaban J connectivity index is 1.89. The zero-order chi connectivity index (χ0) is 22.6. The van der Waals surface area contributed by atoms with Crippen LogP contribution in [0.1, 0.15) is 43.9 Å². The normalized spacial score (nSPS) is 16.4. The molecule has 3 N–H and O–H groups in total. The molecule has 1 atom stereocenters. The van der Waals surface area contributed by atoms with E-state index in [1.54, 1.807) is 13.8 Å². The molecule has 2 heterocycles. The predicted octanol–water partition coefficient (Wildman–Crippen LogP) is 3.62. The number of halogens is 2. The fraction of sp³-hybridized carbons (Fsp3) is 0.455. The summed E-state index contributed by atoms with van der Waals surface area (Å²) in [5, 5.41) is 2.49. The second kappa shape index (κ2) is 9.47. The molecule has 0 fully saturated rings. The highest BCUT2D eigenvalue weighted by molar-refractivity contribution is 6.38. The number of hydrogen-bond donors (Lipinski definition) is 2. The zero-order valence-corrected chi connectivity index (χ0v) is 18.0. The number of fused-ring (bicyclic) bond motifs is 1. The van der Waals surface area contributed by atoms with Gasteiger partial charge in [0.2, 0.25) is 5.92 Å². The molecule has 0 radical (unpaired) electrons. The van der Waals surface area contributed by atoms with E-state index in [1.165, 1.54) is 11.9 Å². The summed E-state index contributed by atoms with van der Waals surface area (Å²) in [5.74, 6) is -2.46. The molecule has 1 unspecified atom stereocenters. The second-order valence-corrected chi connectivity index (χ2v) is 7.85. The Morgan fingerprint density at radius 1 is 1.35 bits per heavy atom. The highest BCUT2D eigenvalue weighted by Crippen LogP contribution is 2.44. The number of nitrogens with two attached hydrogens (primary N) is 1. The maximum atomic E-state index is 13.0. The van der Waals surface area contributed by atoms with E-state index in [2.05, 4.69) is 31.2 Å². The maximum absolute atomic E-state index is 13.0. The highest BCUT2D eigenvalue weighted by Gasteiger charge is 2.31. The molecule has 1 aliphatic heterocycles. The average molecular weight is 431 g/mol. The van der Waals surface area contributed by atoms with E-state index < -0.39 is 18.3 Å². The molecule has 9 heteroatoms. The minimum absolute atomic E-state index is 0.132. The molecule has 0 saturated carbocycles. The Labute approximate surface area is 180 Å². The summed E-state index contributed by atoms with van der Waals surface area (Å²) < 4.78 is 26.0. The van der Waals surface area contributed by atoms with Gasteiger partial charge in [0, 0.05) is 31.1 Å². The van der Waals surface area contributed by atoms with Gasteiger partial charge in [-0.3, -0.25) is 4.79 Å². The Kier molecular flexibility index (Phi) is 6.94. The van der Waals surface area contributed by atoms with E-state index in [-0.39, 0.29) is 18.2 Å². The van der Waals surface area contributed by atoms with Crippen LogP contribution in [0.2, 0.25) is 0 Å². The van der Waals surface area contributed by atoms with Crippen molar-refractivity contribution in [1.82, 2.24) is 15.3 Å². The van der Waals surface area contributed by atoms with Crippen LogP contribution in [0.25, 0.3) is 0 Å². The minimum Gasteiger partial charge on any atom is -0.351 e. The molecule has 1 amide bonds. The fourth-order valence-electron chi connectivity index (χ4n) is 3.67. The van der Waals surface area contributed by atoms with Crippen molar-refractivity contribution in [2.45, 2.75) is 45.5 Å². The standard InChI is InChI=1S/C22H28F2N6O/c1-14-19(29-15(2)21(31)26-11-9-22(3,23)24)20(28-13-27-14)30-12-16(8-10-25)17-6-4-5-7-18(17)30/h4-7,13,16H,8-12,25H2,1-3H3,(H,26,31)/b29-15+. The first-order chi connectivity index (χ1) is 14.7. The van der Waals surface area contributed by atoms with Crippen molar-refractivity contribution in [3.05, 3.63) is 41.9 Å². The molecule has 2 aromatic rings. The van der Waals surface area contributed by atoms with Crippen molar-refractivity contribution < 1.29 is 13.6 Å². The number of para-hydroxylation sites is 1. The third-order valence-electron chi connectivity index (χ3n) is 5.28. The zero-order valence-electron chi connectivity index (χ0n) is 18.0. The number of alkyl halides is 2. The number of carbonyl (C=O) groups excluding carboxylic acids is 1. The van der Waals surface area contributed by atoms with E-state index in [9.17, 15) is 13.6 Å². The molecular formula is C22H28F2N6O.